The lowest BCUT2D eigenvalue weighted by atomic mass is 10.2. The van der Waals surface area contributed by atoms with E-state index in [1.165, 1.54) is 6.07 Å². The molecule has 1 aromatic carbocycles. The van der Waals surface area contributed by atoms with Crippen LogP contribution in [0.1, 0.15) is 10.4 Å². The quantitative estimate of drug-likeness (QED) is 0.739. The number of amides is 1. The number of nitrogens with two attached hydrogens (primary N) is 1. The normalized spacial score (nSPS) is 10.5. The first-order chi connectivity index (χ1) is 9.06. The number of carbonyl (C=O) groups excluding carboxylic acids is 1. The molecular formula is C12H15ClFNO4. The van der Waals surface area contributed by atoms with Crippen LogP contribution in [0.2, 0.25) is 5.02 Å². The zero-order valence-electron chi connectivity index (χ0n) is 10.4. The number of hydrogen-bond donors (Lipinski definition) is 1. The third-order valence-electron chi connectivity index (χ3n) is 2.20. The molecule has 2 N–H and O–H groups in total. The van der Waals surface area contributed by atoms with Gasteiger partial charge < -0.3 is 19.9 Å². The van der Waals surface area contributed by atoms with Gasteiger partial charge in [0, 0.05) is 13.2 Å². The molecule has 0 bridgehead atoms. The lowest BCUT2D eigenvalue weighted by Gasteiger charge is -2.09. The summed E-state index contributed by atoms with van der Waals surface area (Å²) in [5.74, 6) is -1.54. The van der Waals surface area contributed by atoms with Crippen LogP contribution < -0.4 is 10.5 Å². The Hall–Kier alpha value is -1.37. The van der Waals surface area contributed by atoms with Crippen molar-refractivity contribution in [3.8, 4) is 5.75 Å². The maximum absolute atomic E-state index is 13.6. The van der Waals surface area contributed by atoms with Crippen LogP contribution in [-0.2, 0) is 9.47 Å². The Balaban J connectivity index is 2.50. The maximum Gasteiger partial charge on any atom is 0.250 e. The van der Waals surface area contributed by atoms with Crippen LogP contribution in [-0.4, -0.2) is 39.4 Å². The fraction of sp³-hybridized carbons (Fsp3) is 0.417. The Labute approximate surface area is 115 Å². The van der Waals surface area contributed by atoms with Gasteiger partial charge in [-0.3, -0.25) is 4.79 Å². The van der Waals surface area contributed by atoms with E-state index in [1.54, 1.807) is 7.11 Å². The van der Waals surface area contributed by atoms with Gasteiger partial charge in [-0.15, -0.1) is 0 Å². The van der Waals surface area contributed by atoms with Crippen molar-refractivity contribution in [2.45, 2.75) is 0 Å². The van der Waals surface area contributed by atoms with Crippen molar-refractivity contribution in [1.29, 1.82) is 0 Å². The van der Waals surface area contributed by atoms with Crippen LogP contribution in [0.25, 0.3) is 0 Å². The van der Waals surface area contributed by atoms with Crippen molar-refractivity contribution in [3.63, 3.8) is 0 Å². The van der Waals surface area contributed by atoms with Gasteiger partial charge in [-0.25, -0.2) is 4.39 Å². The highest BCUT2D eigenvalue weighted by Crippen LogP contribution is 2.25. The molecule has 0 unspecified atom stereocenters. The SMILES string of the molecule is COCCOCCOc1cc(Cl)c(C(N)=O)cc1F. The molecule has 19 heavy (non-hydrogen) atoms. The van der Waals surface area contributed by atoms with Gasteiger partial charge in [-0.2, -0.15) is 0 Å². The van der Waals surface area contributed by atoms with Crippen LogP contribution in [0.5, 0.6) is 5.75 Å². The summed E-state index contributed by atoms with van der Waals surface area (Å²) in [6.07, 6.45) is 0. The standard InChI is InChI=1S/C12H15ClFNO4/c1-17-2-3-18-4-5-19-11-7-9(13)8(12(15)16)6-10(11)14/h6-7H,2-5H2,1H3,(H2,15,16). The van der Waals surface area contributed by atoms with E-state index in [-0.39, 0.29) is 29.5 Å². The molecule has 1 aromatic rings. The minimum absolute atomic E-state index is 0.0456. The number of ether oxygens (including phenoxy) is 3. The van der Waals surface area contributed by atoms with Crippen molar-refractivity contribution >= 4 is 17.5 Å². The Morgan fingerprint density at radius 3 is 2.63 bits per heavy atom. The van der Waals surface area contributed by atoms with Crippen LogP contribution in [0.3, 0.4) is 0 Å². The van der Waals surface area contributed by atoms with Crippen LogP contribution in [0.15, 0.2) is 12.1 Å². The molecule has 0 atom stereocenters. The summed E-state index contributed by atoms with van der Waals surface area (Å²) in [4.78, 5) is 10.9. The van der Waals surface area contributed by atoms with E-state index in [0.717, 1.165) is 6.07 Å². The summed E-state index contributed by atoms with van der Waals surface area (Å²) < 4.78 is 28.7. The average molecular weight is 292 g/mol. The fourth-order valence-corrected chi connectivity index (χ4v) is 1.53. The predicted molar refractivity (Wildman–Crippen MR) is 68.1 cm³/mol. The zero-order valence-corrected chi connectivity index (χ0v) is 11.2. The second-order valence-electron chi connectivity index (χ2n) is 3.58. The van der Waals surface area contributed by atoms with Gasteiger partial charge in [-0.05, 0) is 6.07 Å². The molecule has 106 valence electrons. The average Bonchev–Trinajstić information content (AvgIpc) is 2.36. The third-order valence-corrected chi connectivity index (χ3v) is 2.52. The van der Waals surface area contributed by atoms with E-state index in [1.807, 2.05) is 0 Å². The van der Waals surface area contributed by atoms with Gasteiger partial charge in [-0.1, -0.05) is 11.6 Å². The second kappa shape index (κ2) is 7.93. The van der Waals surface area contributed by atoms with Gasteiger partial charge >= 0.3 is 0 Å². The lowest BCUT2D eigenvalue weighted by molar-refractivity contribution is 0.0538. The molecule has 0 spiro atoms. The molecule has 0 saturated carbocycles. The number of hydrogen-bond acceptors (Lipinski definition) is 4. The highest BCUT2D eigenvalue weighted by atomic mass is 35.5. The highest BCUT2D eigenvalue weighted by molar-refractivity contribution is 6.33. The van der Waals surface area contributed by atoms with Gasteiger partial charge in [0.2, 0.25) is 5.91 Å². The predicted octanol–water partition coefficient (Wildman–Crippen LogP) is 1.62. The number of methoxy groups -OCH3 is 1. The summed E-state index contributed by atoms with van der Waals surface area (Å²) in [6, 6.07) is 2.16. The molecule has 0 aromatic heterocycles. The molecule has 0 fully saturated rings. The first-order valence-electron chi connectivity index (χ1n) is 5.54. The zero-order chi connectivity index (χ0) is 14.3. The third kappa shape index (κ3) is 5.02. The molecule has 7 heteroatoms. The Kier molecular flexibility index (Phi) is 6.55. The smallest absolute Gasteiger partial charge is 0.250 e. The first kappa shape index (κ1) is 15.7. The van der Waals surface area contributed by atoms with E-state index < -0.39 is 11.7 Å². The minimum Gasteiger partial charge on any atom is -0.488 e. The van der Waals surface area contributed by atoms with E-state index >= 15 is 0 Å². The highest BCUT2D eigenvalue weighted by Gasteiger charge is 2.13. The molecule has 5 nitrogen and oxygen atoms in total. The molecule has 0 saturated heterocycles. The van der Waals surface area contributed by atoms with E-state index in [0.29, 0.717) is 13.2 Å². The van der Waals surface area contributed by atoms with Crippen molar-refractivity contribution in [1.82, 2.24) is 0 Å². The van der Waals surface area contributed by atoms with Crippen LogP contribution in [0, 0.1) is 5.82 Å². The van der Waals surface area contributed by atoms with Crippen molar-refractivity contribution in [2.75, 3.05) is 33.5 Å². The number of carbonyl (C=O) groups is 1. The van der Waals surface area contributed by atoms with Gasteiger partial charge in [0.1, 0.15) is 6.61 Å². The van der Waals surface area contributed by atoms with Gasteiger partial charge in [0.15, 0.2) is 11.6 Å². The summed E-state index contributed by atoms with van der Waals surface area (Å²) in [6.45, 7) is 1.36. The molecule has 0 aliphatic heterocycles. The van der Waals surface area contributed by atoms with Crippen molar-refractivity contribution < 1.29 is 23.4 Å². The minimum atomic E-state index is -0.793. The number of benzene rings is 1. The molecule has 0 heterocycles. The molecular weight excluding hydrogens is 277 g/mol. The Morgan fingerprint density at radius 2 is 2.00 bits per heavy atom. The van der Waals surface area contributed by atoms with Gasteiger partial charge in [0.25, 0.3) is 0 Å². The first-order valence-corrected chi connectivity index (χ1v) is 5.92. The molecule has 1 amide bonds. The maximum atomic E-state index is 13.6. The van der Waals surface area contributed by atoms with Crippen LogP contribution >= 0.6 is 11.6 Å². The van der Waals surface area contributed by atoms with E-state index in [2.05, 4.69) is 0 Å². The number of primary amides is 1. The largest absolute Gasteiger partial charge is 0.488 e. The lowest BCUT2D eigenvalue weighted by Crippen LogP contribution is -2.13. The van der Waals surface area contributed by atoms with E-state index in [4.69, 9.17) is 31.5 Å². The topological polar surface area (TPSA) is 70.8 Å². The van der Waals surface area contributed by atoms with Crippen molar-refractivity contribution in [3.05, 3.63) is 28.5 Å². The van der Waals surface area contributed by atoms with Crippen molar-refractivity contribution in [2.24, 2.45) is 5.73 Å². The van der Waals surface area contributed by atoms with Crippen LogP contribution in [0.4, 0.5) is 4.39 Å². The molecule has 0 radical (unpaired) electrons. The van der Waals surface area contributed by atoms with E-state index in [9.17, 15) is 9.18 Å². The summed E-state index contributed by atoms with van der Waals surface area (Å²) in [5, 5.41) is 0.0456. The fourth-order valence-electron chi connectivity index (χ4n) is 1.28. The summed E-state index contributed by atoms with van der Waals surface area (Å²) in [7, 11) is 1.57. The van der Waals surface area contributed by atoms with Gasteiger partial charge in [0.05, 0.1) is 30.4 Å². The Morgan fingerprint density at radius 1 is 1.32 bits per heavy atom. The second-order valence-corrected chi connectivity index (χ2v) is 3.99. The number of halogens is 2. The Bertz CT molecular complexity index is 442. The summed E-state index contributed by atoms with van der Waals surface area (Å²) >= 11 is 5.78. The molecule has 0 aliphatic rings. The molecule has 1 rings (SSSR count). The summed E-state index contributed by atoms with van der Waals surface area (Å²) in [5.41, 5.74) is 4.96. The molecule has 0 aliphatic carbocycles. The monoisotopic (exact) mass is 291 g/mol. The number of rotatable bonds is 8.